The number of ether oxygens (including phenoxy) is 1. The van der Waals surface area contributed by atoms with E-state index in [0.717, 1.165) is 6.42 Å². The zero-order valence-corrected chi connectivity index (χ0v) is 10.1. The van der Waals surface area contributed by atoms with Crippen molar-refractivity contribution in [2.45, 2.75) is 19.3 Å². The Morgan fingerprint density at radius 1 is 1.37 bits per heavy atom. The summed E-state index contributed by atoms with van der Waals surface area (Å²) in [4.78, 5) is 21.8. The molecule has 6 nitrogen and oxygen atoms in total. The van der Waals surface area contributed by atoms with Crippen molar-refractivity contribution >= 4 is 11.7 Å². The molecule has 0 heterocycles. The van der Waals surface area contributed by atoms with E-state index in [9.17, 15) is 14.9 Å². The number of rotatable bonds is 3. The average Bonchev–Trinajstić information content (AvgIpc) is 2.88. The minimum Gasteiger partial charge on any atom is -0.426 e. The Morgan fingerprint density at radius 3 is 2.58 bits per heavy atom. The maximum absolute atomic E-state index is 11.8. The van der Waals surface area contributed by atoms with Crippen LogP contribution in [0.2, 0.25) is 0 Å². The molecule has 2 rings (SSSR count). The van der Waals surface area contributed by atoms with E-state index in [0.29, 0.717) is 12.8 Å². The summed E-state index contributed by atoms with van der Waals surface area (Å²) in [6, 6.07) is 7.52. The fraction of sp³-hybridized carbons (Fsp3) is 0.385. The van der Waals surface area contributed by atoms with E-state index < -0.39 is 4.92 Å². The smallest absolute Gasteiger partial charge is 0.314 e. The first-order chi connectivity index (χ1) is 9.10. The second-order valence-corrected chi connectivity index (χ2v) is 4.51. The van der Waals surface area contributed by atoms with Crippen LogP contribution in [0.3, 0.4) is 0 Å². The first-order valence-corrected chi connectivity index (χ1v) is 5.96. The molecular formula is C13H12N2O4. The maximum Gasteiger partial charge on any atom is 0.314 e. The lowest BCUT2D eigenvalue weighted by Gasteiger charge is -2.08. The van der Waals surface area contributed by atoms with Gasteiger partial charge in [-0.3, -0.25) is 14.9 Å². The molecule has 0 radical (unpaired) electrons. The number of benzene rings is 1. The van der Waals surface area contributed by atoms with Crippen LogP contribution in [-0.2, 0) is 4.79 Å². The third-order valence-corrected chi connectivity index (χ3v) is 3.21. The van der Waals surface area contributed by atoms with Crippen molar-refractivity contribution in [1.29, 1.82) is 5.26 Å². The number of carbonyl (C=O) groups is 1. The Kier molecular flexibility index (Phi) is 3.76. The van der Waals surface area contributed by atoms with Crippen LogP contribution in [-0.4, -0.2) is 10.9 Å². The van der Waals surface area contributed by atoms with E-state index in [-0.39, 0.29) is 29.2 Å². The van der Waals surface area contributed by atoms with Crippen LogP contribution in [0.4, 0.5) is 5.69 Å². The zero-order chi connectivity index (χ0) is 13.8. The number of nitrogens with zero attached hydrogens (tertiary/aromatic N) is 2. The van der Waals surface area contributed by atoms with Crippen molar-refractivity contribution in [2.24, 2.45) is 11.8 Å². The summed E-state index contributed by atoms with van der Waals surface area (Å²) in [5, 5.41) is 19.3. The highest BCUT2D eigenvalue weighted by Crippen LogP contribution is 2.31. The van der Waals surface area contributed by atoms with E-state index in [4.69, 9.17) is 10.00 Å². The number of non-ortho nitro benzene ring substituents is 1. The molecule has 0 amide bonds. The lowest BCUT2D eigenvalue weighted by molar-refractivity contribution is -0.384. The number of carbonyl (C=O) groups excluding carboxylic acids is 1. The van der Waals surface area contributed by atoms with Crippen LogP contribution in [0, 0.1) is 33.3 Å². The van der Waals surface area contributed by atoms with Gasteiger partial charge in [0.1, 0.15) is 5.75 Å². The van der Waals surface area contributed by atoms with Crippen LogP contribution < -0.4 is 4.74 Å². The van der Waals surface area contributed by atoms with E-state index >= 15 is 0 Å². The van der Waals surface area contributed by atoms with Crippen molar-refractivity contribution < 1.29 is 14.5 Å². The molecule has 98 valence electrons. The zero-order valence-electron chi connectivity index (χ0n) is 10.1. The summed E-state index contributed by atoms with van der Waals surface area (Å²) in [6.07, 6.45) is 1.91. The number of hydrogen-bond donors (Lipinski definition) is 0. The van der Waals surface area contributed by atoms with Crippen LogP contribution in [0.1, 0.15) is 19.3 Å². The highest BCUT2D eigenvalue weighted by Gasteiger charge is 2.31. The van der Waals surface area contributed by atoms with E-state index in [1.165, 1.54) is 24.3 Å². The van der Waals surface area contributed by atoms with Crippen molar-refractivity contribution in [3.8, 4) is 11.8 Å². The van der Waals surface area contributed by atoms with Gasteiger partial charge in [0.05, 0.1) is 16.9 Å². The number of esters is 1. The first-order valence-electron chi connectivity index (χ1n) is 5.96. The van der Waals surface area contributed by atoms with Gasteiger partial charge < -0.3 is 4.74 Å². The SMILES string of the molecule is N#CC1CCC(C(=O)Oc2ccc([N+](=O)[O-])cc2)C1. The Labute approximate surface area is 109 Å². The van der Waals surface area contributed by atoms with Gasteiger partial charge in [0, 0.05) is 18.1 Å². The monoisotopic (exact) mass is 260 g/mol. The lowest BCUT2D eigenvalue weighted by Crippen LogP contribution is -2.18. The third kappa shape index (κ3) is 3.07. The number of nitro benzene ring substituents is 1. The van der Waals surface area contributed by atoms with Gasteiger partial charge in [0.15, 0.2) is 0 Å². The summed E-state index contributed by atoms with van der Waals surface area (Å²) in [7, 11) is 0. The van der Waals surface area contributed by atoms with Crippen molar-refractivity contribution in [2.75, 3.05) is 0 Å². The van der Waals surface area contributed by atoms with Gasteiger partial charge in [0.25, 0.3) is 5.69 Å². The van der Waals surface area contributed by atoms with Gasteiger partial charge in [0.2, 0.25) is 0 Å². The second-order valence-electron chi connectivity index (χ2n) is 4.51. The van der Waals surface area contributed by atoms with Gasteiger partial charge in [-0.2, -0.15) is 5.26 Å². The molecule has 1 saturated carbocycles. The van der Waals surface area contributed by atoms with Crippen molar-refractivity contribution in [1.82, 2.24) is 0 Å². The third-order valence-electron chi connectivity index (χ3n) is 3.21. The van der Waals surface area contributed by atoms with E-state index in [1.807, 2.05) is 0 Å². The van der Waals surface area contributed by atoms with Gasteiger partial charge in [-0.05, 0) is 31.4 Å². The molecule has 6 heteroatoms. The normalized spacial score (nSPS) is 21.6. The Balaban J connectivity index is 1.96. The molecule has 0 aromatic heterocycles. The lowest BCUT2D eigenvalue weighted by atomic mass is 10.1. The largest absolute Gasteiger partial charge is 0.426 e. The quantitative estimate of drug-likeness (QED) is 0.360. The molecule has 1 fully saturated rings. The van der Waals surface area contributed by atoms with Crippen LogP contribution >= 0.6 is 0 Å². The standard InChI is InChI=1S/C13H12N2O4/c14-8-9-1-2-10(7-9)13(16)19-12-5-3-11(4-6-12)15(17)18/h3-6,9-10H,1-2,7H2. The molecule has 1 aliphatic carbocycles. The molecule has 0 saturated heterocycles. The molecule has 0 aliphatic heterocycles. The minimum atomic E-state index is -0.514. The molecule has 19 heavy (non-hydrogen) atoms. The summed E-state index contributed by atoms with van der Waals surface area (Å²) in [5.74, 6) is -0.406. The van der Waals surface area contributed by atoms with Crippen LogP contribution in [0.15, 0.2) is 24.3 Å². The molecule has 1 aromatic carbocycles. The molecule has 1 aromatic rings. The summed E-state index contributed by atoms with van der Waals surface area (Å²) in [5.41, 5.74) is -0.0507. The van der Waals surface area contributed by atoms with E-state index in [1.54, 1.807) is 0 Å². The number of hydrogen-bond acceptors (Lipinski definition) is 5. The second kappa shape index (κ2) is 5.48. The number of nitriles is 1. The van der Waals surface area contributed by atoms with E-state index in [2.05, 4.69) is 6.07 Å². The topological polar surface area (TPSA) is 93.2 Å². The van der Waals surface area contributed by atoms with Crippen LogP contribution in [0.5, 0.6) is 5.75 Å². The highest BCUT2D eigenvalue weighted by atomic mass is 16.6. The van der Waals surface area contributed by atoms with Crippen molar-refractivity contribution in [3.05, 3.63) is 34.4 Å². The predicted molar refractivity (Wildman–Crippen MR) is 65.2 cm³/mol. The van der Waals surface area contributed by atoms with Crippen LogP contribution in [0.25, 0.3) is 0 Å². The fourth-order valence-electron chi connectivity index (χ4n) is 2.15. The molecule has 0 spiro atoms. The molecule has 0 bridgehead atoms. The highest BCUT2D eigenvalue weighted by molar-refractivity contribution is 5.75. The maximum atomic E-state index is 11.8. The summed E-state index contributed by atoms with van der Waals surface area (Å²) >= 11 is 0. The molecule has 2 unspecified atom stereocenters. The minimum absolute atomic E-state index is 0.0507. The van der Waals surface area contributed by atoms with Gasteiger partial charge >= 0.3 is 5.97 Å². The Bertz CT molecular complexity index is 533. The summed E-state index contributed by atoms with van der Waals surface area (Å²) < 4.78 is 5.15. The summed E-state index contributed by atoms with van der Waals surface area (Å²) in [6.45, 7) is 0. The Hall–Kier alpha value is -2.42. The predicted octanol–water partition coefficient (Wildman–Crippen LogP) is 2.44. The van der Waals surface area contributed by atoms with Crippen molar-refractivity contribution in [3.63, 3.8) is 0 Å². The van der Waals surface area contributed by atoms with Gasteiger partial charge in [-0.25, -0.2) is 0 Å². The average molecular weight is 260 g/mol. The van der Waals surface area contributed by atoms with Gasteiger partial charge in [-0.15, -0.1) is 0 Å². The Morgan fingerprint density at radius 2 is 2.05 bits per heavy atom. The molecule has 0 N–H and O–H groups in total. The first kappa shape index (κ1) is 13.0. The molecular weight excluding hydrogens is 248 g/mol. The fourth-order valence-corrected chi connectivity index (χ4v) is 2.15. The van der Waals surface area contributed by atoms with Gasteiger partial charge in [-0.1, -0.05) is 0 Å². The number of nitro groups is 1. The molecule has 1 aliphatic rings. The molecule has 2 atom stereocenters.